The summed E-state index contributed by atoms with van der Waals surface area (Å²) in [7, 11) is -3.14. The summed E-state index contributed by atoms with van der Waals surface area (Å²) in [5, 5.41) is 22.6. The van der Waals surface area contributed by atoms with E-state index in [1.54, 1.807) is 0 Å². The van der Waals surface area contributed by atoms with Gasteiger partial charge in [0.25, 0.3) is 0 Å². The second kappa shape index (κ2) is 11.9. The molecule has 6 rings (SSSR count). The number of fused-ring (bicyclic) bond motifs is 5. The standard InChI is InChI=1S/C36H57O5P/c1-6-28-32-21-27(37)14-17-36(32,5)31-15-18-35(4)29(12-13-30(35)33(31)34(28)38)23(2)16-19-40-42(39)22-26(20-24(3)41-42)25-10-8-7-9-11-25/h7-11,23-24,26-34,37-38H,6,12-22H2,1-5H3/t23-,24?,26-,27-,28-,29-,30?,31?,32?,33?,34?,35-,36-,42?/m1/s1. The lowest BCUT2D eigenvalue weighted by molar-refractivity contribution is -0.203. The first kappa shape index (κ1) is 31.3. The Morgan fingerprint density at radius 1 is 1.00 bits per heavy atom. The maximum Gasteiger partial charge on any atom is 0.331 e. The molecule has 1 aliphatic heterocycles. The summed E-state index contributed by atoms with van der Waals surface area (Å²) in [5.41, 5.74) is 1.70. The van der Waals surface area contributed by atoms with E-state index >= 15 is 0 Å². The SMILES string of the molecule is CC[C@H]1C(O)C2C(CC[C@@]3(C)C2CC[C@@H]3[C@H](C)CCOP2(=O)C[C@H](c3ccccc3)CC(C)O2)[C@@]2(C)CC[C@@H](O)CC12. The van der Waals surface area contributed by atoms with E-state index in [1.807, 2.05) is 13.0 Å². The van der Waals surface area contributed by atoms with Crippen LogP contribution in [0.1, 0.15) is 110 Å². The van der Waals surface area contributed by atoms with Crippen LogP contribution in [0.2, 0.25) is 0 Å². The van der Waals surface area contributed by atoms with Crippen LogP contribution in [0.4, 0.5) is 0 Å². The summed E-state index contributed by atoms with van der Waals surface area (Å²) < 4.78 is 25.9. The normalized spacial score (nSPS) is 49.5. The Morgan fingerprint density at radius 2 is 1.71 bits per heavy atom. The Balaban J connectivity index is 1.12. The Bertz CT molecular complexity index is 1130. The molecule has 236 valence electrons. The molecular formula is C36H57O5P. The van der Waals surface area contributed by atoms with E-state index in [0.717, 1.165) is 38.5 Å². The van der Waals surface area contributed by atoms with Gasteiger partial charge in [0.05, 0.1) is 31.1 Å². The molecule has 42 heavy (non-hydrogen) atoms. The first-order valence-electron chi connectivity index (χ1n) is 17.3. The molecule has 0 spiro atoms. The predicted molar refractivity (Wildman–Crippen MR) is 168 cm³/mol. The summed E-state index contributed by atoms with van der Waals surface area (Å²) >= 11 is 0. The van der Waals surface area contributed by atoms with Crippen LogP contribution in [-0.4, -0.2) is 41.3 Å². The zero-order valence-corrected chi connectivity index (χ0v) is 27.7. The number of rotatable bonds is 7. The molecule has 0 amide bonds. The van der Waals surface area contributed by atoms with Crippen LogP contribution in [0.15, 0.2) is 30.3 Å². The van der Waals surface area contributed by atoms with Crippen molar-refractivity contribution >= 4 is 7.60 Å². The van der Waals surface area contributed by atoms with Crippen molar-refractivity contribution in [2.75, 3.05) is 12.8 Å². The zero-order chi connectivity index (χ0) is 29.9. The smallest absolute Gasteiger partial charge is 0.331 e. The van der Waals surface area contributed by atoms with Gasteiger partial charge in [-0.15, -0.1) is 0 Å². The highest BCUT2D eigenvalue weighted by molar-refractivity contribution is 7.54. The minimum absolute atomic E-state index is 0.0698. The summed E-state index contributed by atoms with van der Waals surface area (Å²) in [6.07, 6.45) is 10.5. The lowest BCUT2D eigenvalue weighted by Crippen LogP contribution is -2.62. The molecule has 14 atom stereocenters. The van der Waals surface area contributed by atoms with Crippen molar-refractivity contribution in [1.29, 1.82) is 0 Å². The van der Waals surface area contributed by atoms with E-state index in [0.29, 0.717) is 54.2 Å². The lowest BCUT2D eigenvalue weighted by Gasteiger charge is -2.64. The molecule has 1 heterocycles. The van der Waals surface area contributed by atoms with Gasteiger partial charge in [0, 0.05) is 0 Å². The average Bonchev–Trinajstić information content (AvgIpc) is 3.31. The van der Waals surface area contributed by atoms with Crippen LogP contribution in [0.25, 0.3) is 0 Å². The Hall–Kier alpha value is -0.710. The van der Waals surface area contributed by atoms with Gasteiger partial charge in [-0.2, -0.15) is 0 Å². The molecule has 5 nitrogen and oxygen atoms in total. The van der Waals surface area contributed by atoms with E-state index < -0.39 is 7.60 Å². The predicted octanol–water partition coefficient (Wildman–Crippen LogP) is 8.44. The van der Waals surface area contributed by atoms with Crippen LogP contribution in [0, 0.1) is 52.3 Å². The molecule has 2 N–H and O–H groups in total. The maximum absolute atomic E-state index is 13.8. The van der Waals surface area contributed by atoms with Crippen LogP contribution in [-0.2, 0) is 13.6 Å². The van der Waals surface area contributed by atoms with E-state index in [2.05, 4.69) is 52.0 Å². The second-order valence-electron chi connectivity index (χ2n) is 15.8. The molecule has 1 saturated heterocycles. The van der Waals surface area contributed by atoms with Gasteiger partial charge in [-0.3, -0.25) is 4.57 Å². The third kappa shape index (κ3) is 5.40. The summed E-state index contributed by atoms with van der Waals surface area (Å²) in [6, 6.07) is 10.4. The van der Waals surface area contributed by atoms with E-state index in [-0.39, 0.29) is 35.1 Å². The number of benzene rings is 1. The quantitative estimate of drug-likeness (QED) is 0.307. The monoisotopic (exact) mass is 600 g/mol. The van der Waals surface area contributed by atoms with Gasteiger partial charge in [-0.05, 0) is 128 Å². The van der Waals surface area contributed by atoms with Gasteiger partial charge in [-0.1, -0.05) is 64.4 Å². The van der Waals surface area contributed by atoms with Gasteiger partial charge in [-0.25, -0.2) is 0 Å². The molecule has 6 heteroatoms. The molecule has 0 bridgehead atoms. The number of hydrogen-bond donors (Lipinski definition) is 2. The average molecular weight is 601 g/mol. The summed E-state index contributed by atoms with van der Waals surface area (Å²) in [6.45, 7) is 12.2. The van der Waals surface area contributed by atoms with Crippen molar-refractivity contribution < 1.29 is 23.8 Å². The van der Waals surface area contributed by atoms with Crippen molar-refractivity contribution in [2.45, 2.75) is 123 Å². The molecule has 7 unspecified atom stereocenters. The van der Waals surface area contributed by atoms with Gasteiger partial charge < -0.3 is 19.3 Å². The molecular weight excluding hydrogens is 543 g/mol. The van der Waals surface area contributed by atoms with Crippen molar-refractivity contribution in [3.63, 3.8) is 0 Å². The third-order valence-corrected chi connectivity index (χ3v) is 15.8. The van der Waals surface area contributed by atoms with E-state index in [1.165, 1.54) is 31.2 Å². The largest absolute Gasteiger partial charge is 0.393 e. The lowest BCUT2D eigenvalue weighted by atomic mass is 9.41. The number of aliphatic hydroxyl groups is 2. The third-order valence-electron chi connectivity index (χ3n) is 13.7. The first-order valence-corrected chi connectivity index (χ1v) is 19.0. The van der Waals surface area contributed by atoms with Crippen LogP contribution in [0.5, 0.6) is 0 Å². The molecule has 5 fully saturated rings. The molecule has 4 aliphatic carbocycles. The van der Waals surface area contributed by atoms with Crippen molar-refractivity contribution in [3.05, 3.63) is 35.9 Å². The molecule has 5 aliphatic rings. The maximum atomic E-state index is 13.8. The van der Waals surface area contributed by atoms with Crippen LogP contribution in [0.3, 0.4) is 0 Å². The minimum Gasteiger partial charge on any atom is -0.393 e. The fourth-order valence-corrected chi connectivity index (χ4v) is 13.8. The molecule has 4 saturated carbocycles. The topological polar surface area (TPSA) is 76.0 Å². The molecule has 1 aromatic carbocycles. The highest BCUT2D eigenvalue weighted by Gasteiger charge is 2.64. The van der Waals surface area contributed by atoms with Crippen LogP contribution < -0.4 is 0 Å². The summed E-state index contributed by atoms with van der Waals surface area (Å²) in [5.74, 6) is 3.53. The Morgan fingerprint density at radius 3 is 2.45 bits per heavy atom. The highest BCUT2D eigenvalue weighted by Crippen LogP contribution is 2.69. The Kier molecular flexibility index (Phi) is 8.86. The molecule has 0 aromatic heterocycles. The Labute approximate surface area is 255 Å². The van der Waals surface area contributed by atoms with Crippen molar-refractivity contribution in [3.8, 4) is 0 Å². The zero-order valence-electron chi connectivity index (χ0n) is 26.8. The van der Waals surface area contributed by atoms with Gasteiger partial charge in [0.15, 0.2) is 0 Å². The van der Waals surface area contributed by atoms with Crippen molar-refractivity contribution in [2.24, 2.45) is 52.3 Å². The van der Waals surface area contributed by atoms with Gasteiger partial charge in [0.2, 0.25) is 0 Å². The fourth-order valence-electron chi connectivity index (χ4n) is 11.7. The van der Waals surface area contributed by atoms with Gasteiger partial charge >= 0.3 is 7.60 Å². The van der Waals surface area contributed by atoms with E-state index in [4.69, 9.17) is 9.05 Å². The minimum atomic E-state index is -3.14. The number of hydrogen-bond acceptors (Lipinski definition) is 5. The summed E-state index contributed by atoms with van der Waals surface area (Å²) in [4.78, 5) is 0. The fraction of sp³-hybridized carbons (Fsp3) is 0.833. The highest BCUT2D eigenvalue weighted by atomic mass is 31.2. The second-order valence-corrected chi connectivity index (χ2v) is 17.8. The van der Waals surface area contributed by atoms with E-state index in [9.17, 15) is 14.8 Å². The number of aliphatic hydroxyl groups excluding tert-OH is 2. The van der Waals surface area contributed by atoms with Gasteiger partial charge in [0.1, 0.15) is 0 Å². The molecule has 1 aromatic rings. The first-order chi connectivity index (χ1) is 20.0. The molecule has 0 radical (unpaired) electrons. The van der Waals surface area contributed by atoms with Crippen molar-refractivity contribution in [1.82, 2.24) is 0 Å². The van der Waals surface area contributed by atoms with Crippen LogP contribution >= 0.6 is 7.60 Å².